The molecule has 0 radical (unpaired) electrons. The van der Waals surface area contributed by atoms with Crippen molar-refractivity contribution in [2.75, 3.05) is 5.75 Å². The Hall–Kier alpha value is -0.0300. The maximum Gasteiger partial charge on any atom is 0.385 e. The molecule has 1 aliphatic rings. The maximum atomic E-state index is 11.4. The van der Waals surface area contributed by atoms with Gasteiger partial charge in [-0.3, -0.25) is 9.13 Å². The van der Waals surface area contributed by atoms with Crippen molar-refractivity contribution in [2.24, 2.45) is 0 Å². The number of halogens is 2. The predicted molar refractivity (Wildman–Crippen MR) is 35.0 cm³/mol. The van der Waals surface area contributed by atoms with Crippen LogP contribution in [0.15, 0.2) is 0 Å². The van der Waals surface area contributed by atoms with Crippen LogP contribution in [0.1, 0.15) is 0 Å². The van der Waals surface area contributed by atoms with Gasteiger partial charge in [0.15, 0.2) is 5.75 Å². The molecule has 0 atom stereocenters. The van der Waals surface area contributed by atoms with Gasteiger partial charge in [0.2, 0.25) is 0 Å². The van der Waals surface area contributed by atoms with Crippen molar-refractivity contribution >= 4 is 26.4 Å². The van der Waals surface area contributed by atoms with Gasteiger partial charge in [0.05, 0.1) is 0 Å². The molecule has 0 saturated carbocycles. The van der Waals surface area contributed by atoms with E-state index < -0.39 is 22.0 Å². The second-order valence-electron chi connectivity index (χ2n) is 1.59. The lowest BCUT2D eigenvalue weighted by molar-refractivity contribution is -0.181. The molecule has 1 heterocycles. The van der Waals surface area contributed by atoms with Crippen LogP contribution >= 0.6 is 16.3 Å². The van der Waals surface area contributed by atoms with E-state index in [0.717, 1.165) is 0 Å². The monoisotopic (exact) mass is 238 g/mol. The molecule has 0 aromatic heterocycles. The minimum absolute atomic E-state index is 0.335. The molecule has 1 fully saturated rings. The highest BCUT2D eigenvalue weighted by molar-refractivity contribution is 7.99. The minimum Gasteiger partial charge on any atom is -0.261 e. The molecule has 0 aromatic rings. The zero-order chi connectivity index (χ0) is 9.83. The summed E-state index contributed by atoms with van der Waals surface area (Å²) in [5, 5.41) is 0. The first-order chi connectivity index (χ1) is 5.33. The van der Waals surface area contributed by atoms with Gasteiger partial charge in [-0.1, -0.05) is 0 Å². The minimum atomic E-state index is -3.84. The van der Waals surface area contributed by atoms with Crippen LogP contribution in [0.4, 0.5) is 8.78 Å². The first kappa shape index (κ1) is 12.0. The molecule has 1 aliphatic heterocycles. The van der Waals surface area contributed by atoms with E-state index in [1.54, 1.807) is 0 Å². The predicted octanol–water partition coefficient (Wildman–Crippen LogP) is 1.42. The Labute approximate surface area is 69.5 Å². The molecule has 0 bridgehead atoms. The summed E-state index contributed by atoms with van der Waals surface area (Å²) < 4.78 is 63.5. The number of hydrogen-bond acceptors (Lipinski definition) is 5. The summed E-state index contributed by atoms with van der Waals surface area (Å²) in [5.41, 5.74) is 0. The normalized spacial score (nSPS) is 23.8. The molecule has 0 N–H and O–H groups in total. The van der Waals surface area contributed by atoms with Gasteiger partial charge in [0.1, 0.15) is 0 Å². The Bertz CT molecular complexity index is 253. The number of rotatable bonds is 1. The summed E-state index contributed by atoms with van der Waals surface area (Å²) in [5.74, 6) is -1.18. The van der Waals surface area contributed by atoms with Crippen LogP contribution in [-0.4, -0.2) is 20.3 Å². The van der Waals surface area contributed by atoms with Crippen LogP contribution < -0.4 is 0 Å². The highest BCUT2D eigenvalue weighted by atomic mass is 32.2. The Morgan fingerprint density at radius 2 is 1.58 bits per heavy atom. The van der Waals surface area contributed by atoms with Crippen molar-refractivity contribution in [3.8, 4) is 0 Å². The third-order valence-electron chi connectivity index (χ3n) is 0.627. The fraction of sp³-hybridized carbons (Fsp3) is 1.00. The van der Waals surface area contributed by atoms with Crippen molar-refractivity contribution < 1.29 is 30.5 Å². The van der Waals surface area contributed by atoms with E-state index in [2.05, 4.69) is 4.18 Å². The molecule has 10 heteroatoms. The quantitative estimate of drug-likeness (QED) is 0.510. The molecule has 0 amide bonds. The molecule has 12 heavy (non-hydrogen) atoms. The lowest BCUT2D eigenvalue weighted by Gasteiger charge is -2.23. The van der Waals surface area contributed by atoms with E-state index in [4.69, 9.17) is 9.13 Å². The second kappa shape index (κ2) is 4.28. The summed E-state index contributed by atoms with van der Waals surface area (Å²) in [4.78, 5) is 0. The fourth-order valence-corrected chi connectivity index (χ4v) is 1.15. The summed E-state index contributed by atoms with van der Waals surface area (Å²) in [7, 11) is -4.51. The van der Waals surface area contributed by atoms with E-state index in [0.29, 0.717) is 0 Å². The number of alkyl halides is 2. The van der Waals surface area contributed by atoms with Crippen molar-refractivity contribution in [1.29, 1.82) is 0 Å². The Morgan fingerprint density at radius 3 is 1.58 bits per heavy atom. The maximum absolute atomic E-state index is 11.4. The molecule has 0 spiro atoms. The van der Waals surface area contributed by atoms with E-state index in [9.17, 15) is 17.2 Å². The SMILES string of the molecule is O=PP=O.O=S1(=O)CC(F)(F)O1. The summed E-state index contributed by atoms with van der Waals surface area (Å²) in [6.45, 7) is 0. The Balaban J connectivity index is 0.000000261. The summed E-state index contributed by atoms with van der Waals surface area (Å²) >= 11 is 0. The van der Waals surface area contributed by atoms with Crippen LogP contribution in [-0.2, 0) is 23.4 Å². The van der Waals surface area contributed by atoms with Crippen molar-refractivity contribution in [2.45, 2.75) is 6.11 Å². The average molecular weight is 238 g/mol. The Kier molecular flexibility index (Phi) is 4.26. The molecule has 5 nitrogen and oxygen atoms in total. The highest BCUT2D eigenvalue weighted by Gasteiger charge is 2.52. The van der Waals surface area contributed by atoms with Gasteiger partial charge in [0, 0.05) is 0 Å². The summed E-state index contributed by atoms with van der Waals surface area (Å²) in [6, 6.07) is 0. The summed E-state index contributed by atoms with van der Waals surface area (Å²) in [6.07, 6.45) is -3.43. The molecule has 1 saturated heterocycles. The standard InChI is InChI=1S/C2H2F2O3S.O2P2/c3-2(4)1-8(5,6)7-2;1-3-4-2/h1H2;. The van der Waals surface area contributed by atoms with Crippen LogP contribution in [0.25, 0.3) is 0 Å². The van der Waals surface area contributed by atoms with Crippen LogP contribution in [0.2, 0.25) is 0 Å². The molecular weight excluding hydrogens is 236 g/mol. The van der Waals surface area contributed by atoms with Gasteiger partial charge in [-0.25, -0.2) is 0 Å². The van der Waals surface area contributed by atoms with Crippen molar-refractivity contribution in [1.82, 2.24) is 0 Å². The molecule has 0 unspecified atom stereocenters. The second-order valence-corrected chi connectivity index (χ2v) is 4.46. The lowest BCUT2D eigenvalue weighted by atomic mass is 10.7. The van der Waals surface area contributed by atoms with E-state index in [-0.39, 0.29) is 16.3 Å². The van der Waals surface area contributed by atoms with Gasteiger partial charge < -0.3 is 0 Å². The molecular formula is C2H2F2O5P2S. The van der Waals surface area contributed by atoms with Crippen LogP contribution in [0.3, 0.4) is 0 Å². The Morgan fingerprint density at radius 1 is 1.25 bits per heavy atom. The number of hydrogen-bond donors (Lipinski definition) is 0. The first-order valence-corrected chi connectivity index (χ1v) is 6.20. The third-order valence-corrected chi connectivity index (χ3v) is 2.08. The highest BCUT2D eigenvalue weighted by Crippen LogP contribution is 2.30. The topological polar surface area (TPSA) is 77.5 Å². The zero-order valence-corrected chi connectivity index (χ0v) is 7.91. The van der Waals surface area contributed by atoms with Gasteiger partial charge in [-0.05, 0) is 0 Å². The van der Waals surface area contributed by atoms with E-state index in [1.807, 2.05) is 0 Å². The first-order valence-electron chi connectivity index (χ1n) is 2.29. The molecule has 70 valence electrons. The van der Waals surface area contributed by atoms with Gasteiger partial charge in [-0.15, -0.1) is 0 Å². The average Bonchev–Trinajstić information content (AvgIpc) is 1.82. The fourth-order valence-electron chi connectivity index (χ4n) is 0.385. The van der Waals surface area contributed by atoms with Crippen molar-refractivity contribution in [3.05, 3.63) is 0 Å². The molecule has 1 rings (SSSR count). The van der Waals surface area contributed by atoms with Crippen molar-refractivity contribution in [3.63, 3.8) is 0 Å². The third kappa shape index (κ3) is 4.77. The van der Waals surface area contributed by atoms with Crippen LogP contribution in [0, 0.1) is 0 Å². The van der Waals surface area contributed by atoms with Gasteiger partial charge in [0.25, 0.3) is 26.4 Å². The largest absolute Gasteiger partial charge is 0.385 e. The van der Waals surface area contributed by atoms with Gasteiger partial charge in [-0.2, -0.15) is 21.4 Å². The zero-order valence-electron chi connectivity index (χ0n) is 5.31. The molecule has 0 aliphatic carbocycles. The smallest absolute Gasteiger partial charge is 0.261 e. The molecule has 0 aromatic carbocycles. The van der Waals surface area contributed by atoms with Crippen LogP contribution in [0.5, 0.6) is 0 Å². The van der Waals surface area contributed by atoms with E-state index in [1.165, 1.54) is 0 Å². The van der Waals surface area contributed by atoms with E-state index >= 15 is 0 Å². The lowest BCUT2D eigenvalue weighted by Crippen LogP contribution is -2.45. The van der Waals surface area contributed by atoms with Gasteiger partial charge >= 0.3 is 6.11 Å².